The van der Waals surface area contributed by atoms with E-state index in [-0.39, 0.29) is 18.3 Å². The molecular weight excluding hydrogens is 278 g/mol. The van der Waals surface area contributed by atoms with Crippen LogP contribution in [0.15, 0.2) is 12.3 Å². The number of anilines is 1. The first-order valence-corrected chi connectivity index (χ1v) is 6.64. The van der Waals surface area contributed by atoms with Gasteiger partial charge in [0, 0.05) is 12.1 Å². The van der Waals surface area contributed by atoms with Gasteiger partial charge in [-0.2, -0.15) is 0 Å². The molecule has 2 rings (SSSR count). The molecule has 114 valence electrons. The molecule has 8 nitrogen and oxygen atoms in total. The lowest BCUT2D eigenvalue weighted by molar-refractivity contribution is -0.385. The molecule has 0 saturated carbocycles. The number of ether oxygens (including phenoxy) is 1. The lowest BCUT2D eigenvalue weighted by atomic mass is 10.0. The fourth-order valence-corrected chi connectivity index (χ4v) is 2.53. The summed E-state index contributed by atoms with van der Waals surface area (Å²) in [5.41, 5.74) is 0.446. The van der Waals surface area contributed by atoms with Crippen LogP contribution in [0.25, 0.3) is 0 Å². The third kappa shape index (κ3) is 2.94. The van der Waals surface area contributed by atoms with E-state index >= 15 is 0 Å². The van der Waals surface area contributed by atoms with Crippen LogP contribution in [0.5, 0.6) is 0 Å². The van der Waals surface area contributed by atoms with Gasteiger partial charge in [0.1, 0.15) is 17.9 Å². The predicted octanol–water partition coefficient (Wildman–Crippen LogP) is 1.22. The van der Waals surface area contributed by atoms with Crippen molar-refractivity contribution in [2.75, 3.05) is 24.7 Å². The molecule has 0 radical (unpaired) electrons. The summed E-state index contributed by atoms with van der Waals surface area (Å²) in [7, 11) is 0. The van der Waals surface area contributed by atoms with E-state index in [1.54, 1.807) is 13.0 Å². The molecule has 1 fully saturated rings. The molecule has 2 heterocycles. The van der Waals surface area contributed by atoms with E-state index in [2.05, 4.69) is 4.98 Å². The number of pyridine rings is 1. The zero-order chi connectivity index (χ0) is 15.6. The first kappa shape index (κ1) is 15.2. The van der Waals surface area contributed by atoms with Crippen LogP contribution in [0.1, 0.15) is 12.5 Å². The summed E-state index contributed by atoms with van der Waals surface area (Å²) < 4.78 is 5.27. The minimum absolute atomic E-state index is 0.0488. The minimum atomic E-state index is -0.908. The van der Waals surface area contributed by atoms with E-state index in [9.17, 15) is 20.0 Å². The molecule has 1 aliphatic heterocycles. The Morgan fingerprint density at radius 2 is 2.33 bits per heavy atom. The monoisotopic (exact) mass is 295 g/mol. The first-order valence-electron chi connectivity index (χ1n) is 6.64. The maximum atomic E-state index is 11.3. The second-order valence-corrected chi connectivity index (χ2v) is 4.92. The molecule has 0 spiro atoms. The van der Waals surface area contributed by atoms with Crippen molar-refractivity contribution in [3.05, 3.63) is 27.9 Å². The average Bonchev–Trinajstić information content (AvgIpc) is 2.88. The molecule has 2 atom stereocenters. The van der Waals surface area contributed by atoms with Crippen LogP contribution in [0.4, 0.5) is 11.5 Å². The number of likely N-dealkylation sites (N-methyl/N-ethyl adjacent to an activating group) is 1. The fourth-order valence-electron chi connectivity index (χ4n) is 2.53. The van der Waals surface area contributed by atoms with Crippen LogP contribution in [-0.2, 0) is 9.53 Å². The molecule has 1 saturated heterocycles. The van der Waals surface area contributed by atoms with Crippen LogP contribution in [-0.4, -0.2) is 46.8 Å². The number of aromatic nitrogens is 1. The highest BCUT2D eigenvalue weighted by atomic mass is 16.6. The molecule has 8 heteroatoms. The van der Waals surface area contributed by atoms with E-state index < -0.39 is 16.8 Å². The van der Waals surface area contributed by atoms with Crippen LogP contribution >= 0.6 is 0 Å². The second-order valence-electron chi connectivity index (χ2n) is 4.92. The summed E-state index contributed by atoms with van der Waals surface area (Å²) in [6, 6.07) is 1.29. The number of hydrogen-bond donors (Lipinski definition) is 1. The van der Waals surface area contributed by atoms with Crippen LogP contribution in [0.2, 0.25) is 0 Å². The summed E-state index contributed by atoms with van der Waals surface area (Å²) >= 11 is 0. The van der Waals surface area contributed by atoms with Crippen molar-refractivity contribution < 1.29 is 19.6 Å². The number of carboxylic acids is 1. The maximum Gasteiger partial charge on any atom is 0.311 e. The van der Waals surface area contributed by atoms with Gasteiger partial charge in [0.15, 0.2) is 0 Å². The number of nitro groups is 1. The fraction of sp³-hybridized carbons (Fsp3) is 0.538. The van der Waals surface area contributed by atoms with Gasteiger partial charge in [-0.3, -0.25) is 14.9 Å². The van der Waals surface area contributed by atoms with E-state index in [4.69, 9.17) is 4.74 Å². The number of carbonyl (C=O) groups is 1. The molecule has 0 bridgehead atoms. The maximum absolute atomic E-state index is 11.3. The molecular formula is C13H17N3O5. The molecule has 1 aromatic rings. The summed E-state index contributed by atoms with van der Waals surface area (Å²) in [5.74, 6) is -1.00. The smallest absolute Gasteiger partial charge is 0.311 e. The van der Waals surface area contributed by atoms with Gasteiger partial charge in [-0.05, 0) is 19.9 Å². The summed E-state index contributed by atoms with van der Waals surface area (Å²) in [6.07, 6.45) is 1.21. The standard InChI is InChI=1S/C13H17N3O5/c1-3-15(11-7-21-6-9(11)13(17)18)12-4-8(2)10(5-14-12)16(19)20/h4-5,9,11H,3,6-7H2,1-2H3,(H,17,18). The topological polar surface area (TPSA) is 106 Å². The first-order chi connectivity index (χ1) is 9.95. The number of hydrogen-bond acceptors (Lipinski definition) is 6. The molecule has 1 aromatic heterocycles. The zero-order valence-corrected chi connectivity index (χ0v) is 11.9. The molecule has 21 heavy (non-hydrogen) atoms. The SMILES string of the molecule is CCN(c1cc(C)c([N+](=O)[O-])cn1)C1COCC1C(=O)O. The van der Waals surface area contributed by atoms with Crippen LogP contribution in [0, 0.1) is 23.0 Å². The van der Waals surface area contributed by atoms with Crippen LogP contribution < -0.4 is 4.90 Å². The number of aliphatic carboxylic acids is 1. The van der Waals surface area contributed by atoms with Crippen molar-refractivity contribution in [1.82, 2.24) is 4.98 Å². The number of aryl methyl sites for hydroxylation is 1. The third-order valence-electron chi connectivity index (χ3n) is 3.67. The van der Waals surface area contributed by atoms with Gasteiger partial charge in [0.2, 0.25) is 0 Å². The quantitative estimate of drug-likeness (QED) is 0.643. The van der Waals surface area contributed by atoms with E-state index in [1.165, 1.54) is 6.20 Å². The zero-order valence-electron chi connectivity index (χ0n) is 11.9. The molecule has 2 unspecified atom stereocenters. The lowest BCUT2D eigenvalue weighted by Gasteiger charge is -2.30. The van der Waals surface area contributed by atoms with Crippen molar-refractivity contribution in [2.24, 2.45) is 5.92 Å². The van der Waals surface area contributed by atoms with E-state index in [0.717, 1.165) is 0 Å². The van der Waals surface area contributed by atoms with Crippen LogP contribution in [0.3, 0.4) is 0 Å². The van der Waals surface area contributed by atoms with Gasteiger partial charge in [-0.15, -0.1) is 0 Å². The van der Waals surface area contributed by atoms with Crippen molar-refractivity contribution >= 4 is 17.5 Å². The molecule has 1 N–H and O–H groups in total. The second kappa shape index (κ2) is 6.04. The average molecular weight is 295 g/mol. The number of rotatable bonds is 5. The largest absolute Gasteiger partial charge is 0.481 e. The molecule has 0 amide bonds. The Labute approximate surface area is 121 Å². The van der Waals surface area contributed by atoms with Gasteiger partial charge in [-0.1, -0.05) is 0 Å². The Balaban J connectivity index is 2.31. The van der Waals surface area contributed by atoms with E-state index in [0.29, 0.717) is 24.5 Å². The van der Waals surface area contributed by atoms with Gasteiger partial charge in [-0.25, -0.2) is 4.98 Å². The van der Waals surface area contributed by atoms with Crippen molar-refractivity contribution in [3.63, 3.8) is 0 Å². The molecule has 0 aromatic carbocycles. The van der Waals surface area contributed by atoms with Crippen molar-refractivity contribution in [3.8, 4) is 0 Å². The third-order valence-corrected chi connectivity index (χ3v) is 3.67. The van der Waals surface area contributed by atoms with Gasteiger partial charge in [0.25, 0.3) is 5.69 Å². The summed E-state index contributed by atoms with van der Waals surface area (Å²) in [6.45, 7) is 4.54. The number of nitrogens with zero attached hydrogens (tertiary/aromatic N) is 3. The Morgan fingerprint density at radius 3 is 2.86 bits per heavy atom. The summed E-state index contributed by atoms with van der Waals surface area (Å²) in [5, 5.41) is 20.1. The Kier molecular flexibility index (Phi) is 4.37. The highest BCUT2D eigenvalue weighted by molar-refractivity contribution is 5.72. The minimum Gasteiger partial charge on any atom is -0.481 e. The van der Waals surface area contributed by atoms with E-state index in [1.807, 2.05) is 11.8 Å². The highest BCUT2D eigenvalue weighted by Crippen LogP contribution is 2.27. The Hall–Kier alpha value is -2.22. The molecule has 1 aliphatic rings. The number of carboxylic acid groups (broad SMARTS) is 1. The normalized spacial score (nSPS) is 21.2. The summed E-state index contributed by atoms with van der Waals surface area (Å²) in [4.78, 5) is 27.5. The molecule has 0 aliphatic carbocycles. The Morgan fingerprint density at radius 1 is 1.62 bits per heavy atom. The van der Waals surface area contributed by atoms with Gasteiger partial charge >= 0.3 is 5.97 Å². The van der Waals surface area contributed by atoms with Crippen molar-refractivity contribution in [1.29, 1.82) is 0 Å². The van der Waals surface area contributed by atoms with Gasteiger partial charge in [0.05, 0.1) is 24.2 Å². The van der Waals surface area contributed by atoms with Crippen molar-refractivity contribution in [2.45, 2.75) is 19.9 Å². The highest BCUT2D eigenvalue weighted by Gasteiger charge is 2.38. The predicted molar refractivity (Wildman–Crippen MR) is 74.4 cm³/mol. The lowest BCUT2D eigenvalue weighted by Crippen LogP contribution is -2.43. The van der Waals surface area contributed by atoms with Gasteiger partial charge < -0.3 is 14.7 Å². The Bertz CT molecular complexity index is 563.